The topological polar surface area (TPSA) is 51.2 Å². The van der Waals surface area contributed by atoms with Crippen molar-refractivity contribution in [2.45, 2.75) is 32.4 Å². The van der Waals surface area contributed by atoms with Gasteiger partial charge in [0.2, 0.25) is 6.79 Å². The van der Waals surface area contributed by atoms with Crippen LogP contribution in [0.25, 0.3) is 0 Å². The highest BCUT2D eigenvalue weighted by atomic mass is 16.7. The summed E-state index contributed by atoms with van der Waals surface area (Å²) in [5.41, 5.74) is 0.893. The molecule has 1 saturated heterocycles. The number of phenols is 1. The molecular formula is C15H21NO4. The van der Waals surface area contributed by atoms with Crippen molar-refractivity contribution in [3.8, 4) is 17.2 Å². The molecule has 0 aliphatic carbocycles. The van der Waals surface area contributed by atoms with Gasteiger partial charge in [0.05, 0.1) is 6.10 Å². The van der Waals surface area contributed by atoms with Crippen LogP contribution in [0.5, 0.6) is 17.2 Å². The number of hydrogen-bond acceptors (Lipinski definition) is 5. The molecule has 5 nitrogen and oxygen atoms in total. The Morgan fingerprint density at radius 1 is 1.25 bits per heavy atom. The van der Waals surface area contributed by atoms with Gasteiger partial charge in [-0.05, 0) is 25.8 Å². The number of piperidine rings is 1. The summed E-state index contributed by atoms with van der Waals surface area (Å²) in [6, 6.07) is 3.52. The molecule has 0 aromatic heterocycles. The molecule has 5 heteroatoms. The van der Waals surface area contributed by atoms with Crippen LogP contribution in [0.2, 0.25) is 0 Å². The zero-order chi connectivity index (χ0) is 13.9. The Morgan fingerprint density at radius 3 is 2.65 bits per heavy atom. The van der Waals surface area contributed by atoms with Crippen molar-refractivity contribution >= 4 is 0 Å². The molecule has 1 fully saturated rings. The molecule has 0 unspecified atom stereocenters. The summed E-state index contributed by atoms with van der Waals surface area (Å²) in [5, 5.41) is 10.1. The molecule has 0 radical (unpaired) electrons. The van der Waals surface area contributed by atoms with E-state index < -0.39 is 0 Å². The Kier molecular flexibility index (Phi) is 3.98. The van der Waals surface area contributed by atoms with Crippen LogP contribution in [0.1, 0.15) is 25.3 Å². The lowest BCUT2D eigenvalue weighted by Crippen LogP contribution is -2.36. The molecule has 20 heavy (non-hydrogen) atoms. The van der Waals surface area contributed by atoms with Gasteiger partial charge in [0.25, 0.3) is 0 Å². The average molecular weight is 279 g/mol. The fourth-order valence-corrected chi connectivity index (χ4v) is 2.81. The summed E-state index contributed by atoms with van der Waals surface area (Å²) in [6.07, 6.45) is 2.50. The van der Waals surface area contributed by atoms with Crippen molar-refractivity contribution in [2.75, 3.05) is 26.5 Å². The second-order valence-electron chi connectivity index (χ2n) is 5.27. The first-order valence-corrected chi connectivity index (χ1v) is 7.21. The first kappa shape index (κ1) is 13.5. The minimum absolute atomic E-state index is 0.234. The van der Waals surface area contributed by atoms with E-state index in [9.17, 15) is 5.11 Å². The van der Waals surface area contributed by atoms with Crippen LogP contribution < -0.4 is 9.47 Å². The third-order valence-corrected chi connectivity index (χ3v) is 3.90. The fraction of sp³-hybridized carbons (Fsp3) is 0.600. The van der Waals surface area contributed by atoms with E-state index in [0.29, 0.717) is 11.9 Å². The molecule has 0 saturated carbocycles. The first-order chi connectivity index (χ1) is 9.76. The highest BCUT2D eigenvalue weighted by Gasteiger charge is 2.22. The van der Waals surface area contributed by atoms with Crippen LogP contribution in [0, 0.1) is 0 Å². The maximum atomic E-state index is 10.1. The molecule has 0 amide bonds. The Labute approximate surface area is 119 Å². The number of aromatic hydroxyl groups is 1. The van der Waals surface area contributed by atoms with E-state index in [0.717, 1.165) is 50.4 Å². The fourth-order valence-electron chi connectivity index (χ4n) is 2.81. The molecule has 2 aliphatic heterocycles. The van der Waals surface area contributed by atoms with Crippen molar-refractivity contribution in [2.24, 2.45) is 0 Å². The van der Waals surface area contributed by atoms with E-state index in [1.54, 1.807) is 6.07 Å². The maximum Gasteiger partial charge on any atom is 0.231 e. The molecule has 1 aromatic carbocycles. The molecule has 0 bridgehead atoms. The van der Waals surface area contributed by atoms with Crippen LogP contribution >= 0.6 is 0 Å². The Balaban J connectivity index is 1.61. The van der Waals surface area contributed by atoms with Gasteiger partial charge in [-0.15, -0.1) is 0 Å². The van der Waals surface area contributed by atoms with Crippen molar-refractivity contribution in [3.63, 3.8) is 0 Å². The van der Waals surface area contributed by atoms with Gasteiger partial charge in [0.15, 0.2) is 11.5 Å². The number of phenolic OH excluding ortho intramolecular Hbond substituents is 1. The van der Waals surface area contributed by atoms with Gasteiger partial charge in [-0.1, -0.05) is 0 Å². The minimum atomic E-state index is 0.234. The van der Waals surface area contributed by atoms with Crippen molar-refractivity contribution in [1.82, 2.24) is 4.90 Å². The Bertz CT molecular complexity index is 469. The van der Waals surface area contributed by atoms with Crippen LogP contribution in [0.4, 0.5) is 0 Å². The number of hydrogen-bond donors (Lipinski definition) is 1. The van der Waals surface area contributed by atoms with E-state index in [1.807, 2.05) is 13.0 Å². The van der Waals surface area contributed by atoms with Crippen LogP contribution in [-0.2, 0) is 11.3 Å². The molecule has 1 aromatic rings. The molecular weight excluding hydrogens is 258 g/mol. The second-order valence-corrected chi connectivity index (χ2v) is 5.27. The molecule has 0 spiro atoms. The largest absolute Gasteiger partial charge is 0.507 e. The highest BCUT2D eigenvalue weighted by molar-refractivity contribution is 5.51. The first-order valence-electron chi connectivity index (χ1n) is 7.21. The number of rotatable bonds is 4. The molecule has 1 N–H and O–H groups in total. The lowest BCUT2D eigenvalue weighted by molar-refractivity contribution is 0.0124. The zero-order valence-corrected chi connectivity index (χ0v) is 11.8. The maximum absolute atomic E-state index is 10.1. The monoisotopic (exact) mass is 279 g/mol. The summed E-state index contributed by atoms with van der Waals surface area (Å²) in [4.78, 5) is 2.34. The summed E-state index contributed by atoms with van der Waals surface area (Å²) < 4.78 is 16.3. The van der Waals surface area contributed by atoms with Gasteiger partial charge < -0.3 is 19.3 Å². The second kappa shape index (κ2) is 5.89. The summed E-state index contributed by atoms with van der Waals surface area (Å²) >= 11 is 0. The van der Waals surface area contributed by atoms with E-state index in [-0.39, 0.29) is 12.5 Å². The zero-order valence-electron chi connectivity index (χ0n) is 11.8. The SMILES string of the molecule is CCOC1CCN(Cc2cc3c(cc2O)OCO3)CC1. The van der Waals surface area contributed by atoms with Crippen LogP contribution in [0.15, 0.2) is 12.1 Å². The summed E-state index contributed by atoms with van der Waals surface area (Å²) in [6.45, 7) is 5.79. The lowest BCUT2D eigenvalue weighted by Gasteiger charge is -2.31. The van der Waals surface area contributed by atoms with E-state index >= 15 is 0 Å². The Hall–Kier alpha value is -1.46. The van der Waals surface area contributed by atoms with Gasteiger partial charge in [0.1, 0.15) is 5.75 Å². The van der Waals surface area contributed by atoms with Crippen molar-refractivity contribution in [3.05, 3.63) is 17.7 Å². The Morgan fingerprint density at radius 2 is 1.95 bits per heavy atom. The van der Waals surface area contributed by atoms with Crippen molar-refractivity contribution in [1.29, 1.82) is 0 Å². The normalized spacial score (nSPS) is 19.4. The predicted molar refractivity (Wildman–Crippen MR) is 74.2 cm³/mol. The molecule has 3 rings (SSSR count). The standard InChI is InChI=1S/C15H21NO4/c1-2-18-12-3-5-16(6-4-12)9-11-7-14-15(8-13(11)17)20-10-19-14/h7-8,12,17H,2-6,9-10H2,1H3. The van der Waals surface area contributed by atoms with E-state index in [4.69, 9.17) is 14.2 Å². The molecule has 110 valence electrons. The smallest absolute Gasteiger partial charge is 0.231 e. The lowest BCUT2D eigenvalue weighted by atomic mass is 10.1. The number of nitrogens with zero attached hydrogens (tertiary/aromatic N) is 1. The van der Waals surface area contributed by atoms with Gasteiger partial charge in [0, 0.05) is 37.9 Å². The number of ether oxygens (including phenoxy) is 3. The van der Waals surface area contributed by atoms with Crippen molar-refractivity contribution < 1.29 is 19.3 Å². The summed E-state index contributed by atoms with van der Waals surface area (Å²) in [5.74, 6) is 1.63. The predicted octanol–water partition coefficient (Wildman–Crippen LogP) is 2.12. The average Bonchev–Trinajstić information content (AvgIpc) is 2.89. The molecule has 2 heterocycles. The van der Waals surface area contributed by atoms with Gasteiger partial charge >= 0.3 is 0 Å². The number of likely N-dealkylation sites (tertiary alicyclic amines) is 1. The van der Waals surface area contributed by atoms with E-state index in [2.05, 4.69) is 4.90 Å². The third-order valence-electron chi connectivity index (χ3n) is 3.90. The van der Waals surface area contributed by atoms with Gasteiger partial charge in [-0.25, -0.2) is 0 Å². The van der Waals surface area contributed by atoms with Crippen LogP contribution in [-0.4, -0.2) is 42.6 Å². The molecule has 0 atom stereocenters. The number of benzene rings is 1. The highest BCUT2D eigenvalue weighted by Crippen LogP contribution is 2.38. The quantitative estimate of drug-likeness (QED) is 0.915. The number of fused-ring (bicyclic) bond motifs is 1. The third kappa shape index (κ3) is 2.83. The van der Waals surface area contributed by atoms with E-state index in [1.165, 1.54) is 0 Å². The van der Waals surface area contributed by atoms with Gasteiger partial charge in [-0.2, -0.15) is 0 Å². The van der Waals surface area contributed by atoms with Gasteiger partial charge in [-0.3, -0.25) is 4.90 Å². The molecule has 2 aliphatic rings. The summed E-state index contributed by atoms with van der Waals surface area (Å²) in [7, 11) is 0. The minimum Gasteiger partial charge on any atom is -0.507 e. The van der Waals surface area contributed by atoms with Crippen LogP contribution in [0.3, 0.4) is 0 Å².